The fourth-order valence-electron chi connectivity index (χ4n) is 2.81. The van der Waals surface area contributed by atoms with Crippen LogP contribution >= 0.6 is 23.1 Å². The Morgan fingerprint density at radius 2 is 1.86 bits per heavy atom. The molecule has 0 saturated heterocycles. The predicted octanol–water partition coefficient (Wildman–Crippen LogP) is 7.54. The molecule has 0 unspecified atom stereocenters. The van der Waals surface area contributed by atoms with E-state index in [0.717, 1.165) is 22.2 Å². The fraction of sp³-hybridized carbons (Fsp3) is 0.286. The van der Waals surface area contributed by atoms with Crippen molar-refractivity contribution in [1.82, 2.24) is 4.98 Å². The Bertz CT molecular complexity index is 949. The monoisotopic (exact) mass is 422 g/mol. The van der Waals surface area contributed by atoms with E-state index in [4.69, 9.17) is 0 Å². The molecule has 0 bridgehead atoms. The van der Waals surface area contributed by atoms with Gasteiger partial charge in [-0.05, 0) is 36.6 Å². The van der Waals surface area contributed by atoms with E-state index in [1.807, 2.05) is 45.0 Å². The first-order chi connectivity index (χ1) is 13.3. The highest BCUT2D eigenvalue weighted by Gasteiger charge is 2.34. The third-order valence-corrected chi connectivity index (χ3v) is 6.14. The van der Waals surface area contributed by atoms with Crippen LogP contribution in [0.4, 0.5) is 18.3 Å². The Hall–Kier alpha value is -1.99. The van der Waals surface area contributed by atoms with Gasteiger partial charge in [0.2, 0.25) is 0 Å². The molecule has 2 nitrogen and oxygen atoms in total. The van der Waals surface area contributed by atoms with Crippen molar-refractivity contribution < 1.29 is 13.2 Å². The first kappa shape index (κ1) is 20.7. The molecular formula is C21H21F3N2S2. The molecule has 0 radical (unpaired) electrons. The summed E-state index contributed by atoms with van der Waals surface area (Å²) in [6, 6.07) is 12.1. The van der Waals surface area contributed by atoms with Gasteiger partial charge in [0.1, 0.15) is 0 Å². The van der Waals surface area contributed by atoms with Crippen LogP contribution in [0.1, 0.15) is 37.8 Å². The first-order valence-corrected chi connectivity index (χ1v) is 10.7. The Balaban J connectivity index is 2.00. The van der Waals surface area contributed by atoms with Gasteiger partial charge in [-0.1, -0.05) is 49.9 Å². The van der Waals surface area contributed by atoms with Gasteiger partial charge in [-0.2, -0.15) is 13.2 Å². The zero-order valence-corrected chi connectivity index (χ0v) is 17.4. The number of benzene rings is 2. The average molecular weight is 423 g/mol. The molecule has 1 heterocycles. The maximum Gasteiger partial charge on any atom is 0.417 e. The molecule has 2 aromatic carbocycles. The molecule has 148 valence electrons. The van der Waals surface area contributed by atoms with Crippen LogP contribution in [-0.2, 0) is 6.18 Å². The second-order valence-electron chi connectivity index (χ2n) is 6.57. The Morgan fingerprint density at radius 3 is 2.54 bits per heavy atom. The van der Waals surface area contributed by atoms with E-state index < -0.39 is 11.7 Å². The molecule has 0 spiro atoms. The minimum absolute atomic E-state index is 0.200. The standard InChI is InChI=1S/C21H21F3N2S2/c1-4-25-20-26-17(12-27-20)14-9-10-19(16(11-14)21(22,23)24)28-18-8-6-5-7-15(18)13(2)3/h5-13H,4H2,1-3H3,(H,25,26). The maximum atomic E-state index is 13.8. The molecule has 3 rings (SSSR count). The van der Waals surface area contributed by atoms with E-state index in [1.165, 1.54) is 17.4 Å². The molecule has 0 aliphatic carbocycles. The molecule has 0 amide bonds. The lowest BCUT2D eigenvalue weighted by atomic mass is 10.0. The van der Waals surface area contributed by atoms with Crippen molar-refractivity contribution in [1.29, 1.82) is 0 Å². The third kappa shape index (κ3) is 4.70. The molecule has 3 aromatic rings. The van der Waals surface area contributed by atoms with E-state index in [9.17, 15) is 13.2 Å². The van der Waals surface area contributed by atoms with Crippen LogP contribution in [0.25, 0.3) is 11.3 Å². The quantitative estimate of drug-likeness (QED) is 0.444. The summed E-state index contributed by atoms with van der Waals surface area (Å²) in [4.78, 5) is 5.42. The normalized spacial score (nSPS) is 11.8. The summed E-state index contributed by atoms with van der Waals surface area (Å²) in [5, 5.41) is 5.56. The zero-order valence-electron chi connectivity index (χ0n) is 15.8. The van der Waals surface area contributed by atoms with Crippen LogP contribution in [0.5, 0.6) is 0 Å². The average Bonchev–Trinajstić information content (AvgIpc) is 3.10. The number of thiazole rings is 1. The van der Waals surface area contributed by atoms with Gasteiger partial charge in [0.25, 0.3) is 0 Å². The van der Waals surface area contributed by atoms with Crippen LogP contribution in [-0.4, -0.2) is 11.5 Å². The smallest absolute Gasteiger partial charge is 0.362 e. The Labute approximate surface area is 171 Å². The van der Waals surface area contributed by atoms with Crippen LogP contribution in [0.3, 0.4) is 0 Å². The number of aromatic nitrogens is 1. The molecule has 0 saturated carbocycles. The summed E-state index contributed by atoms with van der Waals surface area (Å²) in [6.45, 7) is 6.74. The summed E-state index contributed by atoms with van der Waals surface area (Å²) in [6.07, 6.45) is -4.44. The molecular weight excluding hydrogens is 401 g/mol. The summed E-state index contributed by atoms with van der Waals surface area (Å²) < 4.78 is 41.4. The van der Waals surface area contributed by atoms with E-state index in [2.05, 4.69) is 10.3 Å². The lowest BCUT2D eigenvalue weighted by Crippen LogP contribution is -2.07. The summed E-state index contributed by atoms with van der Waals surface area (Å²) in [5.41, 5.74) is 1.42. The molecule has 28 heavy (non-hydrogen) atoms. The van der Waals surface area contributed by atoms with Gasteiger partial charge in [-0.15, -0.1) is 11.3 Å². The highest BCUT2D eigenvalue weighted by molar-refractivity contribution is 7.99. The van der Waals surface area contributed by atoms with E-state index in [1.54, 1.807) is 17.5 Å². The topological polar surface area (TPSA) is 24.9 Å². The minimum Gasteiger partial charge on any atom is -0.362 e. The van der Waals surface area contributed by atoms with Crippen molar-refractivity contribution in [2.24, 2.45) is 0 Å². The second kappa shape index (κ2) is 8.57. The van der Waals surface area contributed by atoms with Gasteiger partial charge in [0, 0.05) is 27.3 Å². The van der Waals surface area contributed by atoms with Crippen LogP contribution < -0.4 is 5.32 Å². The maximum absolute atomic E-state index is 13.8. The van der Waals surface area contributed by atoms with Crippen LogP contribution in [0.15, 0.2) is 57.6 Å². The number of rotatable bonds is 6. The molecule has 1 aromatic heterocycles. The highest BCUT2D eigenvalue weighted by atomic mass is 32.2. The number of hydrogen-bond acceptors (Lipinski definition) is 4. The van der Waals surface area contributed by atoms with Gasteiger partial charge < -0.3 is 5.32 Å². The van der Waals surface area contributed by atoms with Crippen LogP contribution in [0.2, 0.25) is 0 Å². The lowest BCUT2D eigenvalue weighted by Gasteiger charge is -2.16. The van der Waals surface area contributed by atoms with E-state index >= 15 is 0 Å². The zero-order chi connectivity index (χ0) is 20.3. The summed E-state index contributed by atoms with van der Waals surface area (Å²) in [5.74, 6) is 0.233. The van der Waals surface area contributed by atoms with Gasteiger partial charge in [-0.3, -0.25) is 0 Å². The van der Waals surface area contributed by atoms with E-state index in [0.29, 0.717) is 22.9 Å². The predicted molar refractivity (Wildman–Crippen MR) is 111 cm³/mol. The van der Waals surface area contributed by atoms with Crippen molar-refractivity contribution in [3.05, 3.63) is 59.0 Å². The van der Waals surface area contributed by atoms with Gasteiger partial charge in [-0.25, -0.2) is 4.98 Å². The number of alkyl halides is 3. The summed E-state index contributed by atoms with van der Waals surface area (Å²) >= 11 is 2.55. The van der Waals surface area contributed by atoms with Gasteiger partial charge >= 0.3 is 6.18 Å². The molecule has 0 aliphatic rings. The number of hydrogen-bond donors (Lipinski definition) is 1. The lowest BCUT2D eigenvalue weighted by molar-refractivity contribution is -0.139. The fourth-order valence-corrected chi connectivity index (χ4v) is 4.82. The largest absolute Gasteiger partial charge is 0.417 e. The number of halogens is 3. The first-order valence-electron chi connectivity index (χ1n) is 8.97. The molecule has 0 fully saturated rings. The SMILES string of the molecule is CCNc1nc(-c2ccc(Sc3ccccc3C(C)C)c(C(F)(F)F)c2)cs1. The molecule has 1 N–H and O–H groups in total. The minimum atomic E-state index is -4.44. The van der Waals surface area contributed by atoms with Crippen molar-refractivity contribution in [3.63, 3.8) is 0 Å². The third-order valence-electron chi connectivity index (χ3n) is 4.17. The van der Waals surface area contributed by atoms with Crippen LogP contribution in [0, 0.1) is 0 Å². The molecule has 7 heteroatoms. The van der Waals surface area contributed by atoms with Crippen molar-refractivity contribution in [2.45, 2.75) is 42.7 Å². The van der Waals surface area contributed by atoms with Crippen molar-refractivity contribution >= 4 is 28.2 Å². The molecule has 0 aliphatic heterocycles. The van der Waals surface area contributed by atoms with Crippen molar-refractivity contribution in [2.75, 3.05) is 11.9 Å². The Morgan fingerprint density at radius 1 is 1.11 bits per heavy atom. The number of nitrogens with one attached hydrogen (secondary N) is 1. The second-order valence-corrected chi connectivity index (χ2v) is 8.51. The highest BCUT2D eigenvalue weighted by Crippen LogP contribution is 2.43. The van der Waals surface area contributed by atoms with Crippen molar-refractivity contribution in [3.8, 4) is 11.3 Å². The number of anilines is 1. The van der Waals surface area contributed by atoms with E-state index in [-0.39, 0.29) is 10.8 Å². The van der Waals surface area contributed by atoms with Gasteiger partial charge in [0.05, 0.1) is 11.3 Å². The Kier molecular flexibility index (Phi) is 6.35. The number of nitrogens with zero attached hydrogens (tertiary/aromatic N) is 1. The summed E-state index contributed by atoms with van der Waals surface area (Å²) in [7, 11) is 0. The van der Waals surface area contributed by atoms with Gasteiger partial charge in [0.15, 0.2) is 5.13 Å². The molecule has 0 atom stereocenters.